The molecule has 1 aromatic carbocycles. The van der Waals surface area contributed by atoms with Crippen LogP contribution in [0.1, 0.15) is 45.2 Å². The van der Waals surface area contributed by atoms with Crippen molar-refractivity contribution < 1.29 is 33.5 Å². The summed E-state index contributed by atoms with van der Waals surface area (Å²) < 4.78 is 26.2. The molecule has 0 radical (unpaired) electrons. The van der Waals surface area contributed by atoms with Crippen molar-refractivity contribution in [3.63, 3.8) is 0 Å². The monoisotopic (exact) mass is 450 g/mol. The van der Waals surface area contributed by atoms with Crippen LogP contribution in [0.3, 0.4) is 0 Å². The highest BCUT2D eigenvalue weighted by atomic mass is 19.1. The summed E-state index contributed by atoms with van der Waals surface area (Å²) in [5, 5.41) is 26.5. The molecule has 1 heterocycles. The first-order valence-electron chi connectivity index (χ1n) is 9.81. The van der Waals surface area contributed by atoms with Gasteiger partial charge in [0.1, 0.15) is 23.8 Å². The van der Waals surface area contributed by atoms with Crippen LogP contribution in [-0.4, -0.2) is 44.3 Å². The quantitative estimate of drug-likeness (QED) is 0.294. The molecule has 1 aromatic heterocycles. The lowest BCUT2D eigenvalue weighted by Gasteiger charge is -2.22. The van der Waals surface area contributed by atoms with Crippen molar-refractivity contribution in [2.24, 2.45) is 0 Å². The zero-order valence-corrected chi connectivity index (χ0v) is 17.6. The van der Waals surface area contributed by atoms with E-state index < -0.39 is 35.0 Å². The molecule has 0 bridgehead atoms. The first kappa shape index (κ1) is 23.0. The summed E-state index contributed by atoms with van der Waals surface area (Å²) in [6.07, 6.45) is -4.71. The Balaban J connectivity index is 1.66. The SMILES string of the molecule is CC(C)(C)n1nc([C@H]2C[C@@H](F)[C@@H](OC(=O)Oc3ccc([N+](=O)[O-])cc3)C2)cc1NC(=O)O. The van der Waals surface area contributed by atoms with E-state index in [1.807, 2.05) is 20.8 Å². The summed E-state index contributed by atoms with van der Waals surface area (Å²) in [7, 11) is 0. The van der Waals surface area contributed by atoms with E-state index in [1.54, 1.807) is 6.07 Å². The predicted molar refractivity (Wildman–Crippen MR) is 110 cm³/mol. The van der Waals surface area contributed by atoms with Gasteiger partial charge in [0.25, 0.3) is 5.69 Å². The second kappa shape index (κ2) is 8.81. The van der Waals surface area contributed by atoms with Gasteiger partial charge in [-0.3, -0.25) is 15.4 Å². The zero-order valence-electron chi connectivity index (χ0n) is 17.6. The number of alkyl halides is 1. The summed E-state index contributed by atoms with van der Waals surface area (Å²) in [4.78, 5) is 33.2. The van der Waals surface area contributed by atoms with Crippen molar-refractivity contribution in [1.29, 1.82) is 0 Å². The molecule has 1 aliphatic rings. The van der Waals surface area contributed by atoms with Crippen LogP contribution in [0.15, 0.2) is 30.3 Å². The number of nitrogens with zero attached hydrogens (tertiary/aromatic N) is 3. The van der Waals surface area contributed by atoms with Gasteiger partial charge >= 0.3 is 12.2 Å². The Kier molecular flexibility index (Phi) is 6.32. The maximum atomic E-state index is 14.6. The molecular formula is C20H23FN4O7. The van der Waals surface area contributed by atoms with Gasteiger partial charge in [0.2, 0.25) is 0 Å². The van der Waals surface area contributed by atoms with Crippen LogP contribution in [0.5, 0.6) is 5.75 Å². The number of non-ortho nitro benzene ring substituents is 1. The summed E-state index contributed by atoms with van der Waals surface area (Å²) in [5.41, 5.74) is -0.199. The Morgan fingerprint density at radius 1 is 1.28 bits per heavy atom. The molecule has 0 spiro atoms. The van der Waals surface area contributed by atoms with Gasteiger partial charge in [-0.1, -0.05) is 0 Å². The van der Waals surface area contributed by atoms with E-state index in [1.165, 1.54) is 28.9 Å². The fraction of sp³-hybridized carbons (Fsp3) is 0.450. The maximum Gasteiger partial charge on any atom is 0.514 e. The van der Waals surface area contributed by atoms with E-state index in [9.17, 15) is 24.1 Å². The first-order valence-corrected chi connectivity index (χ1v) is 9.81. The number of amides is 1. The van der Waals surface area contributed by atoms with Gasteiger partial charge in [-0.05, 0) is 45.7 Å². The molecule has 0 saturated heterocycles. The summed E-state index contributed by atoms with van der Waals surface area (Å²) in [6, 6.07) is 6.36. The number of nitro groups is 1. The smallest absolute Gasteiger partial charge is 0.465 e. The van der Waals surface area contributed by atoms with Gasteiger partial charge in [0.15, 0.2) is 0 Å². The topological polar surface area (TPSA) is 146 Å². The van der Waals surface area contributed by atoms with E-state index in [4.69, 9.17) is 14.6 Å². The third-order valence-electron chi connectivity index (χ3n) is 4.94. The van der Waals surface area contributed by atoms with Crippen LogP contribution < -0.4 is 10.1 Å². The number of nitrogens with one attached hydrogen (secondary N) is 1. The predicted octanol–water partition coefficient (Wildman–Crippen LogP) is 4.44. The molecule has 1 saturated carbocycles. The Labute approximate surface area is 182 Å². The molecule has 3 atom stereocenters. The number of nitro benzene ring substituents is 1. The number of carboxylic acid groups (broad SMARTS) is 1. The minimum atomic E-state index is -1.46. The molecule has 172 valence electrons. The fourth-order valence-electron chi connectivity index (χ4n) is 3.50. The molecule has 11 nitrogen and oxygen atoms in total. The van der Waals surface area contributed by atoms with E-state index in [2.05, 4.69) is 10.4 Å². The molecule has 0 aliphatic heterocycles. The number of halogens is 1. The maximum absolute atomic E-state index is 14.6. The van der Waals surface area contributed by atoms with Gasteiger partial charge in [0, 0.05) is 24.1 Å². The van der Waals surface area contributed by atoms with Crippen molar-refractivity contribution >= 4 is 23.8 Å². The van der Waals surface area contributed by atoms with Crippen molar-refractivity contribution in [2.45, 2.75) is 57.3 Å². The number of carbonyl (C=O) groups is 2. The number of ether oxygens (including phenoxy) is 2. The highest BCUT2D eigenvalue weighted by Gasteiger charge is 2.40. The molecule has 1 fully saturated rings. The van der Waals surface area contributed by atoms with E-state index in [0.717, 1.165) is 0 Å². The molecule has 1 amide bonds. The van der Waals surface area contributed by atoms with Gasteiger partial charge in [-0.15, -0.1) is 0 Å². The lowest BCUT2D eigenvalue weighted by Crippen LogP contribution is -2.26. The highest BCUT2D eigenvalue weighted by molar-refractivity contribution is 5.81. The molecule has 1 aliphatic carbocycles. The minimum Gasteiger partial charge on any atom is -0.465 e. The largest absolute Gasteiger partial charge is 0.514 e. The number of benzene rings is 1. The van der Waals surface area contributed by atoms with Crippen molar-refractivity contribution in [3.05, 3.63) is 46.1 Å². The second-order valence-corrected chi connectivity index (χ2v) is 8.41. The second-order valence-electron chi connectivity index (χ2n) is 8.41. The third kappa shape index (κ3) is 5.31. The molecule has 2 aromatic rings. The number of rotatable bonds is 5. The molecular weight excluding hydrogens is 427 g/mol. The minimum absolute atomic E-state index is 0.0267. The van der Waals surface area contributed by atoms with Crippen molar-refractivity contribution in [2.75, 3.05) is 5.32 Å². The average Bonchev–Trinajstić information content (AvgIpc) is 3.25. The van der Waals surface area contributed by atoms with Gasteiger partial charge in [0.05, 0.1) is 16.2 Å². The molecule has 2 N–H and O–H groups in total. The highest BCUT2D eigenvalue weighted by Crippen LogP contribution is 2.39. The van der Waals surface area contributed by atoms with Crippen molar-refractivity contribution in [3.8, 4) is 5.75 Å². The van der Waals surface area contributed by atoms with Gasteiger partial charge in [-0.2, -0.15) is 5.10 Å². The number of aromatic nitrogens is 2. The van der Waals surface area contributed by atoms with E-state index in [0.29, 0.717) is 5.69 Å². The Bertz CT molecular complexity index is 1020. The molecule has 3 rings (SSSR count). The lowest BCUT2D eigenvalue weighted by molar-refractivity contribution is -0.384. The normalized spacial score (nSPS) is 20.6. The number of anilines is 1. The first-order chi connectivity index (χ1) is 14.9. The standard InChI is InChI=1S/C20H23FN4O7/c1-20(2,3)24-17(22-18(26)27)10-15(23-24)11-8-14(21)16(9-11)32-19(28)31-13-6-4-12(5-7-13)25(29)30/h4-7,10-11,14,16,22H,8-9H2,1-3H3,(H,26,27)/t11-,14+,16-/m0/s1. The Morgan fingerprint density at radius 3 is 2.50 bits per heavy atom. The number of hydrogen-bond acceptors (Lipinski definition) is 7. The van der Waals surface area contributed by atoms with Crippen LogP contribution in [-0.2, 0) is 10.3 Å². The van der Waals surface area contributed by atoms with Crippen LogP contribution in [0.4, 0.5) is 25.5 Å². The van der Waals surface area contributed by atoms with Crippen LogP contribution >= 0.6 is 0 Å². The van der Waals surface area contributed by atoms with Gasteiger partial charge in [-0.25, -0.2) is 18.7 Å². The van der Waals surface area contributed by atoms with Crippen molar-refractivity contribution in [1.82, 2.24) is 9.78 Å². The van der Waals surface area contributed by atoms with Crippen LogP contribution in [0.25, 0.3) is 0 Å². The van der Waals surface area contributed by atoms with Crippen LogP contribution in [0, 0.1) is 10.1 Å². The lowest BCUT2D eigenvalue weighted by atomic mass is 10.0. The number of carbonyl (C=O) groups excluding carboxylic acids is 1. The summed E-state index contributed by atoms with van der Waals surface area (Å²) >= 11 is 0. The van der Waals surface area contributed by atoms with E-state index >= 15 is 0 Å². The van der Waals surface area contributed by atoms with Gasteiger partial charge < -0.3 is 14.6 Å². The molecule has 12 heteroatoms. The summed E-state index contributed by atoms with van der Waals surface area (Å²) in [5.74, 6) is -0.101. The third-order valence-corrected chi connectivity index (χ3v) is 4.94. The Morgan fingerprint density at radius 2 is 1.94 bits per heavy atom. The number of hydrogen-bond donors (Lipinski definition) is 2. The Hall–Kier alpha value is -3.70. The average molecular weight is 450 g/mol. The zero-order chi connectivity index (χ0) is 23.6. The molecule has 32 heavy (non-hydrogen) atoms. The summed E-state index contributed by atoms with van der Waals surface area (Å²) in [6.45, 7) is 5.55. The van der Waals surface area contributed by atoms with E-state index in [-0.39, 0.29) is 36.0 Å². The fourth-order valence-corrected chi connectivity index (χ4v) is 3.50. The van der Waals surface area contributed by atoms with Crippen LogP contribution in [0.2, 0.25) is 0 Å². The molecule has 0 unspecified atom stereocenters.